The van der Waals surface area contributed by atoms with Crippen molar-refractivity contribution in [3.05, 3.63) is 52.4 Å². The highest BCUT2D eigenvalue weighted by atomic mass is 35.5. The summed E-state index contributed by atoms with van der Waals surface area (Å²) in [5.41, 5.74) is 2.34. The van der Waals surface area contributed by atoms with Crippen molar-refractivity contribution in [2.24, 2.45) is 0 Å². The molecular weight excluding hydrogens is 238 g/mol. The second-order valence-electron chi connectivity index (χ2n) is 3.78. The number of fused-ring (bicyclic) bond motifs is 2. The number of anilines is 1. The molecule has 4 nitrogen and oxygen atoms in total. The van der Waals surface area contributed by atoms with Gasteiger partial charge >= 0.3 is 0 Å². The highest BCUT2D eigenvalue weighted by molar-refractivity contribution is 6.30. The predicted molar refractivity (Wildman–Crippen MR) is 64.2 cm³/mol. The van der Waals surface area contributed by atoms with Crippen LogP contribution in [0.1, 0.15) is 21.5 Å². The number of amides is 1. The van der Waals surface area contributed by atoms with Gasteiger partial charge in [0.2, 0.25) is 0 Å². The van der Waals surface area contributed by atoms with E-state index in [1.165, 1.54) is 6.33 Å². The van der Waals surface area contributed by atoms with Crippen molar-refractivity contribution < 1.29 is 4.79 Å². The summed E-state index contributed by atoms with van der Waals surface area (Å²) in [7, 11) is 0. The van der Waals surface area contributed by atoms with Crippen molar-refractivity contribution in [2.45, 2.75) is 6.42 Å². The standard InChI is InChI=1S/C12H8ClN3O/c13-10-9-5-7-3-1-2-4-8(7)12(17)16-11(9)15-6-14-10/h1-4,6H,5H2,(H,14,15,16,17). The summed E-state index contributed by atoms with van der Waals surface area (Å²) >= 11 is 6.03. The third-order valence-corrected chi connectivity index (χ3v) is 3.08. The molecule has 17 heavy (non-hydrogen) atoms. The first kappa shape index (κ1) is 10.2. The van der Waals surface area contributed by atoms with Gasteiger partial charge in [0.1, 0.15) is 17.3 Å². The Balaban J connectivity index is 2.21. The van der Waals surface area contributed by atoms with Crippen molar-refractivity contribution in [1.29, 1.82) is 0 Å². The minimum atomic E-state index is -0.158. The number of aromatic nitrogens is 2. The molecule has 0 unspecified atom stereocenters. The molecule has 0 aliphatic carbocycles. The maximum Gasteiger partial charge on any atom is 0.257 e. The van der Waals surface area contributed by atoms with Gasteiger partial charge in [0.05, 0.1) is 0 Å². The van der Waals surface area contributed by atoms with Gasteiger partial charge in [0.25, 0.3) is 5.91 Å². The molecule has 0 bridgehead atoms. The molecule has 0 saturated heterocycles. The molecule has 84 valence electrons. The summed E-state index contributed by atoms with van der Waals surface area (Å²) in [4.78, 5) is 19.9. The van der Waals surface area contributed by atoms with E-state index in [0.717, 1.165) is 11.1 Å². The molecular formula is C12H8ClN3O. The minimum Gasteiger partial charge on any atom is -0.306 e. The summed E-state index contributed by atoms with van der Waals surface area (Å²) in [6, 6.07) is 7.43. The summed E-state index contributed by atoms with van der Waals surface area (Å²) < 4.78 is 0. The van der Waals surface area contributed by atoms with E-state index >= 15 is 0 Å². The van der Waals surface area contributed by atoms with Gasteiger partial charge in [-0.1, -0.05) is 29.8 Å². The molecule has 3 rings (SSSR count). The van der Waals surface area contributed by atoms with Crippen LogP contribution in [0, 0.1) is 0 Å². The van der Waals surface area contributed by atoms with Crippen molar-refractivity contribution in [1.82, 2.24) is 9.97 Å². The maximum atomic E-state index is 12.0. The molecule has 2 heterocycles. The van der Waals surface area contributed by atoms with Gasteiger partial charge in [0.15, 0.2) is 0 Å². The van der Waals surface area contributed by atoms with Crippen LogP contribution in [0.5, 0.6) is 0 Å². The van der Waals surface area contributed by atoms with Crippen LogP contribution in [-0.2, 0) is 6.42 Å². The van der Waals surface area contributed by atoms with Crippen molar-refractivity contribution in [3.8, 4) is 0 Å². The molecule has 0 fully saturated rings. The Labute approximate surface area is 103 Å². The number of hydrogen-bond donors (Lipinski definition) is 1. The molecule has 0 atom stereocenters. The maximum absolute atomic E-state index is 12.0. The molecule has 2 aromatic rings. The van der Waals surface area contributed by atoms with E-state index in [1.54, 1.807) is 6.07 Å². The highest BCUT2D eigenvalue weighted by Gasteiger charge is 2.21. The monoisotopic (exact) mass is 245 g/mol. The van der Waals surface area contributed by atoms with Crippen LogP contribution in [0.2, 0.25) is 5.15 Å². The molecule has 1 aliphatic rings. The third kappa shape index (κ3) is 1.66. The van der Waals surface area contributed by atoms with E-state index in [1.807, 2.05) is 18.2 Å². The van der Waals surface area contributed by atoms with Gasteiger partial charge in [-0.2, -0.15) is 0 Å². The fraction of sp³-hybridized carbons (Fsp3) is 0.0833. The quantitative estimate of drug-likeness (QED) is 0.725. The van der Waals surface area contributed by atoms with Crippen LogP contribution in [0.3, 0.4) is 0 Å². The molecule has 0 spiro atoms. The summed E-state index contributed by atoms with van der Waals surface area (Å²) in [6.45, 7) is 0. The number of benzene rings is 1. The van der Waals surface area contributed by atoms with Gasteiger partial charge in [-0.25, -0.2) is 9.97 Å². The molecule has 1 N–H and O–H groups in total. The summed E-state index contributed by atoms with van der Waals surface area (Å²) in [5, 5.41) is 3.13. The van der Waals surface area contributed by atoms with Crippen molar-refractivity contribution in [2.75, 3.05) is 5.32 Å². The van der Waals surface area contributed by atoms with Crippen LogP contribution in [0.4, 0.5) is 5.82 Å². The van der Waals surface area contributed by atoms with Crippen LogP contribution < -0.4 is 5.32 Å². The van der Waals surface area contributed by atoms with Gasteiger partial charge in [-0.05, 0) is 11.6 Å². The SMILES string of the molecule is O=C1Nc2ncnc(Cl)c2Cc2ccccc21. The molecule has 1 aliphatic heterocycles. The molecule has 0 saturated carbocycles. The fourth-order valence-electron chi connectivity index (χ4n) is 1.92. The zero-order valence-electron chi connectivity index (χ0n) is 8.77. The van der Waals surface area contributed by atoms with E-state index in [9.17, 15) is 4.79 Å². The Morgan fingerprint density at radius 1 is 1.24 bits per heavy atom. The van der Waals surface area contributed by atoms with Crippen molar-refractivity contribution >= 4 is 23.3 Å². The first-order valence-corrected chi connectivity index (χ1v) is 5.52. The zero-order valence-corrected chi connectivity index (χ0v) is 9.53. The Morgan fingerprint density at radius 2 is 2.06 bits per heavy atom. The molecule has 5 heteroatoms. The van der Waals surface area contributed by atoms with E-state index in [0.29, 0.717) is 23.0 Å². The van der Waals surface area contributed by atoms with Crippen molar-refractivity contribution in [3.63, 3.8) is 0 Å². The lowest BCUT2D eigenvalue weighted by atomic mass is 10.0. The fourth-order valence-corrected chi connectivity index (χ4v) is 2.12. The number of halogens is 1. The van der Waals surface area contributed by atoms with Crippen LogP contribution in [0.15, 0.2) is 30.6 Å². The first-order valence-electron chi connectivity index (χ1n) is 5.14. The van der Waals surface area contributed by atoms with Gasteiger partial charge in [-0.3, -0.25) is 4.79 Å². The summed E-state index contributed by atoms with van der Waals surface area (Å²) in [5.74, 6) is 0.334. The number of carbonyl (C=O) groups is 1. The van der Waals surface area contributed by atoms with Crippen LogP contribution in [-0.4, -0.2) is 15.9 Å². The average molecular weight is 246 g/mol. The van der Waals surface area contributed by atoms with Gasteiger partial charge in [0, 0.05) is 17.5 Å². The topological polar surface area (TPSA) is 54.9 Å². The zero-order chi connectivity index (χ0) is 11.8. The number of carbonyl (C=O) groups excluding carboxylic acids is 1. The summed E-state index contributed by atoms with van der Waals surface area (Å²) in [6.07, 6.45) is 1.90. The van der Waals surface area contributed by atoms with E-state index in [-0.39, 0.29) is 5.91 Å². The largest absolute Gasteiger partial charge is 0.306 e. The molecule has 0 radical (unpaired) electrons. The lowest BCUT2D eigenvalue weighted by Gasteiger charge is -2.05. The molecule has 1 aromatic carbocycles. The van der Waals surface area contributed by atoms with E-state index in [4.69, 9.17) is 11.6 Å². The Morgan fingerprint density at radius 3 is 2.94 bits per heavy atom. The second kappa shape index (κ2) is 3.82. The number of rotatable bonds is 0. The Kier molecular flexibility index (Phi) is 2.30. The molecule has 1 aromatic heterocycles. The lowest BCUT2D eigenvalue weighted by Crippen LogP contribution is -2.12. The van der Waals surface area contributed by atoms with Gasteiger partial charge in [-0.15, -0.1) is 0 Å². The third-order valence-electron chi connectivity index (χ3n) is 2.75. The first-order chi connectivity index (χ1) is 8.25. The van der Waals surface area contributed by atoms with E-state index < -0.39 is 0 Å². The lowest BCUT2D eigenvalue weighted by molar-refractivity contribution is 0.102. The Hall–Kier alpha value is -1.94. The number of hydrogen-bond acceptors (Lipinski definition) is 3. The Bertz CT molecular complexity index is 612. The van der Waals surface area contributed by atoms with Gasteiger partial charge < -0.3 is 5.32 Å². The predicted octanol–water partition coefficient (Wildman–Crippen LogP) is 2.29. The molecule has 1 amide bonds. The number of nitrogens with one attached hydrogen (secondary N) is 1. The smallest absolute Gasteiger partial charge is 0.257 e. The average Bonchev–Trinajstić information content (AvgIpc) is 2.47. The van der Waals surface area contributed by atoms with Crippen LogP contribution in [0.25, 0.3) is 0 Å². The normalized spacial score (nSPS) is 13.4. The highest BCUT2D eigenvalue weighted by Crippen LogP contribution is 2.28. The number of nitrogens with zero attached hydrogens (tertiary/aromatic N) is 2. The second-order valence-corrected chi connectivity index (χ2v) is 4.14. The minimum absolute atomic E-state index is 0.158. The van der Waals surface area contributed by atoms with E-state index in [2.05, 4.69) is 15.3 Å². The van der Waals surface area contributed by atoms with Crippen LogP contribution >= 0.6 is 11.6 Å².